The highest BCUT2D eigenvalue weighted by Gasteiger charge is 2.26. The van der Waals surface area contributed by atoms with Gasteiger partial charge in [-0.1, -0.05) is 32.4 Å². The van der Waals surface area contributed by atoms with E-state index in [4.69, 9.17) is 11.6 Å². The van der Waals surface area contributed by atoms with E-state index in [0.29, 0.717) is 5.13 Å². The summed E-state index contributed by atoms with van der Waals surface area (Å²) in [4.78, 5) is 40.4. The normalized spacial score (nSPS) is 11.9. The minimum Gasteiger partial charge on any atom is -0.340 e. The van der Waals surface area contributed by atoms with E-state index in [2.05, 4.69) is 15.6 Å². The monoisotopic (exact) mass is 410 g/mol. The van der Waals surface area contributed by atoms with Crippen LogP contribution in [0.15, 0.2) is 24.4 Å². The number of nitro groups is 1. The first-order valence-corrected chi connectivity index (χ1v) is 9.42. The third-order valence-electron chi connectivity index (χ3n) is 3.78. The number of benzene rings is 1. The standard InChI is InChI=1S/C17H19ClN4O4S/c1-4-11-8-19-17(27-11)21-16(24)14(9(2)3)20-15(23)12-6-5-10(22(25)26)7-13(12)18/h5-9,14H,4H2,1-3H3,(H,20,23)(H,19,21,24). The highest BCUT2D eigenvalue weighted by atomic mass is 35.5. The van der Waals surface area contributed by atoms with E-state index in [-0.39, 0.29) is 22.2 Å². The minimum atomic E-state index is -0.822. The molecule has 10 heteroatoms. The van der Waals surface area contributed by atoms with Crippen LogP contribution in [0, 0.1) is 16.0 Å². The third-order valence-corrected chi connectivity index (χ3v) is 5.15. The van der Waals surface area contributed by atoms with Crippen LogP contribution in [0.2, 0.25) is 5.02 Å². The number of hydrogen-bond acceptors (Lipinski definition) is 6. The maximum atomic E-state index is 12.6. The number of carbonyl (C=O) groups is 2. The number of nitrogens with zero attached hydrogens (tertiary/aromatic N) is 2. The van der Waals surface area contributed by atoms with Crippen molar-refractivity contribution in [3.05, 3.63) is 50.0 Å². The zero-order valence-corrected chi connectivity index (χ0v) is 16.6. The van der Waals surface area contributed by atoms with Crippen molar-refractivity contribution in [2.75, 3.05) is 5.32 Å². The molecule has 27 heavy (non-hydrogen) atoms. The summed E-state index contributed by atoms with van der Waals surface area (Å²) in [5.74, 6) is -1.18. The second-order valence-electron chi connectivity index (χ2n) is 6.09. The first-order valence-electron chi connectivity index (χ1n) is 8.23. The van der Waals surface area contributed by atoms with Gasteiger partial charge >= 0.3 is 0 Å². The van der Waals surface area contributed by atoms with Crippen molar-refractivity contribution >= 4 is 45.6 Å². The summed E-state index contributed by atoms with van der Waals surface area (Å²) in [6, 6.07) is 2.73. The van der Waals surface area contributed by atoms with E-state index >= 15 is 0 Å². The lowest BCUT2D eigenvalue weighted by Crippen LogP contribution is -2.47. The summed E-state index contributed by atoms with van der Waals surface area (Å²) >= 11 is 7.36. The molecular formula is C17H19ClN4O4S. The number of aromatic nitrogens is 1. The molecule has 1 aromatic heterocycles. The second-order valence-corrected chi connectivity index (χ2v) is 7.61. The number of rotatable bonds is 7. The predicted molar refractivity (Wildman–Crippen MR) is 104 cm³/mol. The Kier molecular flexibility index (Phi) is 6.86. The number of halogens is 1. The summed E-state index contributed by atoms with van der Waals surface area (Å²) in [7, 11) is 0. The number of thiazole rings is 1. The average molecular weight is 411 g/mol. The molecule has 2 aromatic rings. The molecule has 1 heterocycles. The van der Waals surface area contributed by atoms with Gasteiger partial charge < -0.3 is 10.6 Å². The molecule has 1 aromatic carbocycles. The maximum absolute atomic E-state index is 12.6. The number of aryl methyl sites for hydroxylation is 1. The Morgan fingerprint density at radius 2 is 2.07 bits per heavy atom. The Bertz CT molecular complexity index is 868. The number of carbonyl (C=O) groups excluding carboxylic acids is 2. The molecule has 0 aliphatic carbocycles. The van der Waals surface area contributed by atoms with Crippen molar-refractivity contribution in [3.8, 4) is 0 Å². The summed E-state index contributed by atoms with van der Waals surface area (Å²) in [6.07, 6.45) is 2.51. The largest absolute Gasteiger partial charge is 0.340 e. The van der Waals surface area contributed by atoms with Crippen molar-refractivity contribution in [1.29, 1.82) is 0 Å². The molecule has 144 valence electrons. The Morgan fingerprint density at radius 1 is 1.37 bits per heavy atom. The molecule has 0 spiro atoms. The van der Waals surface area contributed by atoms with E-state index < -0.39 is 22.8 Å². The molecule has 0 aliphatic rings. The predicted octanol–water partition coefficient (Wildman–Crippen LogP) is 3.66. The molecule has 0 radical (unpaired) electrons. The number of hydrogen-bond donors (Lipinski definition) is 2. The lowest BCUT2D eigenvalue weighted by molar-refractivity contribution is -0.384. The third kappa shape index (κ3) is 5.24. The van der Waals surface area contributed by atoms with Gasteiger partial charge in [0.25, 0.3) is 11.6 Å². The molecule has 0 aliphatic heterocycles. The quantitative estimate of drug-likeness (QED) is 0.534. The van der Waals surface area contributed by atoms with Gasteiger partial charge in [0.1, 0.15) is 6.04 Å². The van der Waals surface area contributed by atoms with Crippen LogP contribution < -0.4 is 10.6 Å². The molecule has 2 rings (SSSR count). The van der Waals surface area contributed by atoms with Gasteiger partial charge in [-0.15, -0.1) is 11.3 Å². The zero-order valence-electron chi connectivity index (χ0n) is 15.0. The topological polar surface area (TPSA) is 114 Å². The van der Waals surface area contributed by atoms with Gasteiger partial charge in [0.05, 0.1) is 15.5 Å². The van der Waals surface area contributed by atoms with Gasteiger partial charge in [-0.3, -0.25) is 19.7 Å². The van der Waals surface area contributed by atoms with Crippen molar-refractivity contribution in [3.63, 3.8) is 0 Å². The summed E-state index contributed by atoms with van der Waals surface area (Å²) in [6.45, 7) is 5.58. The fraction of sp³-hybridized carbons (Fsp3) is 0.353. The Hall–Kier alpha value is -2.52. The Balaban J connectivity index is 2.14. The van der Waals surface area contributed by atoms with E-state index in [1.54, 1.807) is 20.0 Å². The van der Waals surface area contributed by atoms with Crippen LogP contribution in [-0.4, -0.2) is 27.8 Å². The Labute approximate surface area is 165 Å². The van der Waals surface area contributed by atoms with Crippen LogP contribution in [0.5, 0.6) is 0 Å². The van der Waals surface area contributed by atoms with E-state index in [0.717, 1.165) is 17.4 Å². The first kappa shape index (κ1) is 20.8. The molecule has 1 atom stereocenters. The lowest BCUT2D eigenvalue weighted by Gasteiger charge is -2.21. The molecule has 2 amide bonds. The smallest absolute Gasteiger partial charge is 0.270 e. The van der Waals surface area contributed by atoms with Gasteiger partial charge in [0, 0.05) is 23.2 Å². The molecule has 0 fully saturated rings. The SMILES string of the molecule is CCc1cnc(NC(=O)C(NC(=O)c2ccc([N+](=O)[O-])cc2Cl)C(C)C)s1. The highest BCUT2D eigenvalue weighted by molar-refractivity contribution is 7.15. The van der Waals surface area contributed by atoms with Crippen LogP contribution in [0.25, 0.3) is 0 Å². The summed E-state index contributed by atoms with van der Waals surface area (Å²) < 4.78 is 0. The number of nitrogens with one attached hydrogen (secondary N) is 2. The highest BCUT2D eigenvalue weighted by Crippen LogP contribution is 2.23. The molecule has 2 N–H and O–H groups in total. The summed E-state index contributed by atoms with van der Waals surface area (Å²) in [5.41, 5.74) is -0.159. The number of non-ortho nitro benzene ring substituents is 1. The van der Waals surface area contributed by atoms with Crippen molar-refractivity contribution in [1.82, 2.24) is 10.3 Å². The fourth-order valence-corrected chi connectivity index (χ4v) is 3.28. The number of nitro benzene ring substituents is 1. The molecule has 0 saturated heterocycles. The maximum Gasteiger partial charge on any atom is 0.270 e. The fourth-order valence-electron chi connectivity index (χ4n) is 2.27. The van der Waals surface area contributed by atoms with Gasteiger partial charge in [-0.05, 0) is 18.4 Å². The van der Waals surface area contributed by atoms with Gasteiger partial charge in [0.15, 0.2) is 5.13 Å². The first-order chi connectivity index (χ1) is 12.7. The van der Waals surface area contributed by atoms with Crippen LogP contribution in [0.4, 0.5) is 10.8 Å². The number of anilines is 1. The number of amides is 2. The lowest BCUT2D eigenvalue weighted by atomic mass is 10.0. The van der Waals surface area contributed by atoms with Crippen molar-refractivity contribution < 1.29 is 14.5 Å². The Morgan fingerprint density at radius 3 is 2.59 bits per heavy atom. The van der Waals surface area contributed by atoms with Gasteiger partial charge in [-0.2, -0.15) is 0 Å². The van der Waals surface area contributed by atoms with Crippen LogP contribution in [0.1, 0.15) is 36.0 Å². The zero-order chi connectivity index (χ0) is 20.1. The van der Waals surface area contributed by atoms with Crippen molar-refractivity contribution in [2.45, 2.75) is 33.2 Å². The second kappa shape index (κ2) is 8.92. The molecule has 0 bridgehead atoms. The molecule has 8 nitrogen and oxygen atoms in total. The minimum absolute atomic E-state index is 0.0582. The van der Waals surface area contributed by atoms with Crippen LogP contribution >= 0.6 is 22.9 Å². The van der Waals surface area contributed by atoms with E-state index in [1.165, 1.54) is 23.5 Å². The van der Waals surface area contributed by atoms with E-state index in [1.807, 2.05) is 6.92 Å². The van der Waals surface area contributed by atoms with Crippen LogP contribution in [-0.2, 0) is 11.2 Å². The van der Waals surface area contributed by atoms with Gasteiger partial charge in [0.2, 0.25) is 5.91 Å². The van der Waals surface area contributed by atoms with Crippen LogP contribution in [0.3, 0.4) is 0 Å². The van der Waals surface area contributed by atoms with Gasteiger partial charge in [-0.25, -0.2) is 4.98 Å². The molecule has 0 saturated carbocycles. The molecular weight excluding hydrogens is 392 g/mol. The molecule has 1 unspecified atom stereocenters. The van der Waals surface area contributed by atoms with Crippen molar-refractivity contribution in [2.24, 2.45) is 5.92 Å². The summed E-state index contributed by atoms with van der Waals surface area (Å²) in [5, 5.41) is 16.5. The average Bonchev–Trinajstić information content (AvgIpc) is 3.06. The van der Waals surface area contributed by atoms with E-state index in [9.17, 15) is 19.7 Å².